The van der Waals surface area contributed by atoms with E-state index in [0.29, 0.717) is 18.1 Å². The van der Waals surface area contributed by atoms with Gasteiger partial charge >= 0.3 is 0 Å². The van der Waals surface area contributed by atoms with Crippen LogP contribution in [0.25, 0.3) is 0 Å². The molecule has 0 spiro atoms. The average molecular weight is 361 g/mol. The highest BCUT2D eigenvalue weighted by Gasteiger charge is 2.65. The van der Waals surface area contributed by atoms with Crippen molar-refractivity contribution < 1.29 is 15.0 Å². The molecular weight excluding hydrogens is 324 g/mol. The molecule has 3 saturated carbocycles. The molecule has 0 bridgehead atoms. The number of rotatable bonds is 4. The van der Waals surface area contributed by atoms with Crippen molar-refractivity contribution >= 4 is 5.78 Å². The molecule has 0 aliphatic heterocycles. The van der Waals surface area contributed by atoms with Gasteiger partial charge in [0.25, 0.3) is 0 Å². The van der Waals surface area contributed by atoms with Crippen LogP contribution < -0.4 is 0 Å². The van der Waals surface area contributed by atoms with Crippen LogP contribution in [0.15, 0.2) is 0 Å². The van der Waals surface area contributed by atoms with Crippen molar-refractivity contribution in [3.63, 3.8) is 0 Å². The molecule has 3 aliphatic carbocycles. The standard InChI is InChI=1S/C23H36O3/c1-4-23-13-12-20(25)17(21(23)18(22(23)26)14-15(2)3)10-11-19(24)16-8-6-5-7-9-16/h15-21,24-25H,4-9,12-14H2,1-3H3/t17-,18?,19-,20+,21-,23-/m1/s1. The van der Waals surface area contributed by atoms with Crippen LogP contribution in [0.4, 0.5) is 0 Å². The number of aliphatic hydroxyl groups is 2. The second kappa shape index (κ2) is 8.03. The lowest BCUT2D eigenvalue weighted by Crippen LogP contribution is -2.64. The zero-order chi connectivity index (χ0) is 18.9. The van der Waals surface area contributed by atoms with Crippen molar-refractivity contribution in [1.82, 2.24) is 0 Å². The van der Waals surface area contributed by atoms with Gasteiger partial charge in [-0.15, -0.1) is 0 Å². The van der Waals surface area contributed by atoms with Crippen LogP contribution in [0.3, 0.4) is 0 Å². The highest BCUT2D eigenvalue weighted by molar-refractivity contribution is 5.94. The summed E-state index contributed by atoms with van der Waals surface area (Å²) >= 11 is 0. The van der Waals surface area contributed by atoms with E-state index in [1.54, 1.807) is 0 Å². The molecule has 0 aromatic rings. The normalized spacial score (nSPS) is 38.9. The Bertz CT molecular complexity index is 566. The van der Waals surface area contributed by atoms with Crippen LogP contribution in [0, 0.1) is 46.8 Å². The Morgan fingerprint density at radius 2 is 1.88 bits per heavy atom. The van der Waals surface area contributed by atoms with Crippen LogP contribution in [-0.4, -0.2) is 28.2 Å². The van der Waals surface area contributed by atoms with Gasteiger partial charge in [0.1, 0.15) is 11.9 Å². The van der Waals surface area contributed by atoms with E-state index in [1.165, 1.54) is 19.3 Å². The summed E-state index contributed by atoms with van der Waals surface area (Å²) in [5.74, 6) is 7.58. The van der Waals surface area contributed by atoms with E-state index >= 15 is 0 Å². The van der Waals surface area contributed by atoms with E-state index in [2.05, 4.69) is 32.6 Å². The maximum Gasteiger partial charge on any atom is 0.142 e. The van der Waals surface area contributed by atoms with E-state index in [4.69, 9.17) is 0 Å². The highest BCUT2D eigenvalue weighted by Crippen LogP contribution is 2.61. The number of carbonyl (C=O) groups excluding carboxylic acids is 1. The topological polar surface area (TPSA) is 57.5 Å². The number of ketones is 1. The molecule has 0 aromatic carbocycles. The molecule has 2 N–H and O–H groups in total. The summed E-state index contributed by atoms with van der Waals surface area (Å²) in [6.07, 6.45) is 7.88. The van der Waals surface area contributed by atoms with Crippen molar-refractivity contribution in [3.05, 3.63) is 0 Å². The Kier molecular flexibility index (Phi) is 6.14. The summed E-state index contributed by atoms with van der Waals surface area (Å²) < 4.78 is 0. The van der Waals surface area contributed by atoms with Gasteiger partial charge in [-0.2, -0.15) is 0 Å². The third kappa shape index (κ3) is 3.48. The van der Waals surface area contributed by atoms with Crippen molar-refractivity contribution in [3.8, 4) is 11.8 Å². The summed E-state index contributed by atoms with van der Waals surface area (Å²) in [6, 6.07) is 0. The third-order valence-corrected chi connectivity index (χ3v) is 7.44. The fourth-order valence-corrected chi connectivity index (χ4v) is 5.98. The van der Waals surface area contributed by atoms with Gasteiger partial charge in [0.05, 0.1) is 12.0 Å². The van der Waals surface area contributed by atoms with Gasteiger partial charge in [0.2, 0.25) is 0 Å². The van der Waals surface area contributed by atoms with Crippen LogP contribution in [0.2, 0.25) is 0 Å². The first kappa shape index (κ1) is 19.9. The molecule has 0 amide bonds. The fraction of sp³-hybridized carbons (Fsp3) is 0.870. The monoisotopic (exact) mass is 360 g/mol. The van der Waals surface area contributed by atoms with Crippen molar-refractivity contribution in [2.24, 2.45) is 35.0 Å². The number of carbonyl (C=O) groups is 1. The molecule has 146 valence electrons. The lowest BCUT2D eigenvalue weighted by molar-refractivity contribution is -0.177. The molecule has 26 heavy (non-hydrogen) atoms. The smallest absolute Gasteiger partial charge is 0.142 e. The molecule has 3 heteroatoms. The Hall–Kier alpha value is -0.850. The number of fused-ring (bicyclic) bond motifs is 1. The van der Waals surface area contributed by atoms with Crippen LogP contribution in [0.1, 0.15) is 78.6 Å². The summed E-state index contributed by atoms with van der Waals surface area (Å²) in [5, 5.41) is 21.2. The lowest BCUT2D eigenvalue weighted by Gasteiger charge is -2.59. The summed E-state index contributed by atoms with van der Waals surface area (Å²) in [6.45, 7) is 6.42. The van der Waals surface area contributed by atoms with Crippen molar-refractivity contribution in [2.45, 2.75) is 90.8 Å². The highest BCUT2D eigenvalue weighted by atomic mass is 16.3. The van der Waals surface area contributed by atoms with E-state index in [-0.39, 0.29) is 29.1 Å². The van der Waals surface area contributed by atoms with Crippen molar-refractivity contribution in [1.29, 1.82) is 0 Å². The molecule has 0 radical (unpaired) electrons. The largest absolute Gasteiger partial charge is 0.392 e. The minimum atomic E-state index is -0.584. The van der Waals surface area contributed by atoms with Gasteiger partial charge in [-0.05, 0) is 56.3 Å². The van der Waals surface area contributed by atoms with E-state index in [0.717, 1.165) is 32.1 Å². The maximum absolute atomic E-state index is 12.9. The van der Waals surface area contributed by atoms with Crippen LogP contribution >= 0.6 is 0 Å². The second-order valence-electron chi connectivity index (χ2n) is 9.40. The summed E-state index contributed by atoms with van der Waals surface area (Å²) in [4.78, 5) is 12.9. The lowest BCUT2D eigenvalue weighted by atomic mass is 9.42. The predicted octanol–water partition coefficient (Wildman–Crippen LogP) is 3.96. The van der Waals surface area contributed by atoms with Crippen LogP contribution in [0.5, 0.6) is 0 Å². The molecule has 0 heterocycles. The van der Waals surface area contributed by atoms with Gasteiger partial charge in [-0.25, -0.2) is 0 Å². The minimum Gasteiger partial charge on any atom is -0.392 e. The van der Waals surface area contributed by atoms with Gasteiger partial charge < -0.3 is 10.2 Å². The first-order valence-electron chi connectivity index (χ1n) is 10.8. The van der Waals surface area contributed by atoms with E-state index < -0.39 is 12.2 Å². The second-order valence-corrected chi connectivity index (χ2v) is 9.40. The Labute approximate surface area is 158 Å². The zero-order valence-corrected chi connectivity index (χ0v) is 16.7. The van der Waals surface area contributed by atoms with E-state index in [9.17, 15) is 15.0 Å². The summed E-state index contributed by atoms with van der Waals surface area (Å²) in [7, 11) is 0. The van der Waals surface area contributed by atoms with Crippen LogP contribution in [-0.2, 0) is 4.79 Å². The van der Waals surface area contributed by atoms with Gasteiger partial charge in [0.15, 0.2) is 0 Å². The molecule has 1 unspecified atom stereocenters. The van der Waals surface area contributed by atoms with Gasteiger partial charge in [-0.3, -0.25) is 4.79 Å². The number of hydrogen-bond acceptors (Lipinski definition) is 3. The van der Waals surface area contributed by atoms with E-state index in [1.807, 2.05) is 0 Å². The molecule has 6 atom stereocenters. The quantitative estimate of drug-likeness (QED) is 0.746. The third-order valence-electron chi connectivity index (χ3n) is 7.44. The van der Waals surface area contributed by atoms with Gasteiger partial charge in [-0.1, -0.05) is 51.9 Å². The maximum atomic E-state index is 12.9. The average Bonchev–Trinajstić information content (AvgIpc) is 2.65. The Balaban J connectivity index is 1.80. The summed E-state index contributed by atoms with van der Waals surface area (Å²) in [5.41, 5.74) is -0.270. The number of hydrogen-bond donors (Lipinski definition) is 2. The molecule has 3 nitrogen and oxygen atoms in total. The SMILES string of the molecule is CC[C@@]12CC[C@H](O)[C@@H](C#C[C@@H](O)C3CCCCC3)[C@@H]1C(CC(C)C)C2=O. The van der Waals surface area contributed by atoms with Gasteiger partial charge in [0, 0.05) is 11.3 Å². The molecule has 0 saturated heterocycles. The number of aliphatic hydroxyl groups excluding tert-OH is 2. The Morgan fingerprint density at radius 1 is 1.19 bits per heavy atom. The van der Waals surface area contributed by atoms with Crippen molar-refractivity contribution in [2.75, 3.05) is 0 Å². The molecule has 3 fully saturated rings. The molecule has 0 aromatic heterocycles. The molecule has 3 rings (SSSR count). The minimum absolute atomic E-state index is 0.0380. The zero-order valence-electron chi connectivity index (χ0n) is 16.7. The molecular formula is C23H36O3. The first-order chi connectivity index (χ1) is 12.4. The predicted molar refractivity (Wildman–Crippen MR) is 103 cm³/mol. The first-order valence-corrected chi connectivity index (χ1v) is 10.8. The molecule has 3 aliphatic rings. The fourth-order valence-electron chi connectivity index (χ4n) is 5.98. The number of Topliss-reactive ketones (excluding diaryl/α,β-unsaturated/α-hetero) is 1. The Morgan fingerprint density at radius 3 is 2.50 bits per heavy atom.